The predicted molar refractivity (Wildman–Crippen MR) is 79.3 cm³/mol. The van der Waals surface area contributed by atoms with Crippen LogP contribution in [0.25, 0.3) is 0 Å². The monoisotopic (exact) mass is 307 g/mol. The molecule has 110 valence electrons. The smallest absolute Gasteiger partial charge is 0.352 e. The number of nitrogens with one attached hydrogen (secondary N) is 3. The van der Waals surface area contributed by atoms with E-state index in [0.717, 1.165) is 17.4 Å². The van der Waals surface area contributed by atoms with Gasteiger partial charge in [0.25, 0.3) is 0 Å². The number of thiazole rings is 1. The first kappa shape index (κ1) is 16.2. The maximum absolute atomic E-state index is 11.7. The van der Waals surface area contributed by atoms with Gasteiger partial charge in [-0.25, -0.2) is 15.3 Å². The molecule has 0 fully saturated rings. The van der Waals surface area contributed by atoms with Crippen molar-refractivity contribution in [3.8, 4) is 0 Å². The second-order valence-electron chi connectivity index (χ2n) is 3.42. The minimum absolute atomic E-state index is 0.0606. The van der Waals surface area contributed by atoms with E-state index in [4.69, 9.17) is 5.53 Å². The SMILES string of the molecule is C=CC(=O)Nc1nc(N/C(C=C)=C/N=N)sc1C(=O)OC. The first-order valence-electron chi connectivity index (χ1n) is 5.54. The quantitative estimate of drug-likeness (QED) is 0.310. The summed E-state index contributed by atoms with van der Waals surface area (Å²) < 4.78 is 4.63. The molecule has 0 aromatic carbocycles. The third-order valence-electron chi connectivity index (χ3n) is 2.10. The van der Waals surface area contributed by atoms with Crippen molar-refractivity contribution in [1.29, 1.82) is 5.53 Å². The highest BCUT2D eigenvalue weighted by Gasteiger charge is 2.20. The van der Waals surface area contributed by atoms with Crippen LogP contribution in [-0.4, -0.2) is 24.0 Å². The third kappa shape index (κ3) is 4.35. The summed E-state index contributed by atoms with van der Waals surface area (Å²) in [6.45, 7) is 6.87. The Morgan fingerprint density at radius 3 is 2.62 bits per heavy atom. The molecule has 21 heavy (non-hydrogen) atoms. The highest BCUT2D eigenvalue weighted by molar-refractivity contribution is 7.18. The number of amides is 1. The summed E-state index contributed by atoms with van der Waals surface area (Å²) in [5.74, 6) is -1.07. The molecule has 1 aromatic rings. The lowest BCUT2D eigenvalue weighted by atomic mass is 10.4. The molecular weight excluding hydrogens is 294 g/mol. The summed E-state index contributed by atoms with van der Waals surface area (Å²) in [7, 11) is 1.22. The van der Waals surface area contributed by atoms with Gasteiger partial charge in [0.05, 0.1) is 19.0 Å². The van der Waals surface area contributed by atoms with Crippen LogP contribution in [0.1, 0.15) is 9.67 Å². The number of hydrogen-bond acceptors (Lipinski definition) is 8. The number of carbonyl (C=O) groups excluding carboxylic acids is 2. The lowest BCUT2D eigenvalue weighted by molar-refractivity contribution is -0.111. The lowest BCUT2D eigenvalue weighted by Gasteiger charge is -2.00. The minimum Gasteiger partial charge on any atom is -0.465 e. The van der Waals surface area contributed by atoms with Gasteiger partial charge in [-0.15, -0.1) is 0 Å². The van der Waals surface area contributed by atoms with Crippen molar-refractivity contribution in [2.45, 2.75) is 0 Å². The van der Waals surface area contributed by atoms with Crippen LogP contribution in [0.3, 0.4) is 0 Å². The van der Waals surface area contributed by atoms with Crippen molar-refractivity contribution in [3.05, 3.63) is 42.1 Å². The Hall–Kier alpha value is -2.81. The number of aromatic nitrogens is 1. The van der Waals surface area contributed by atoms with Crippen molar-refractivity contribution in [2.24, 2.45) is 5.11 Å². The van der Waals surface area contributed by atoms with Crippen molar-refractivity contribution in [1.82, 2.24) is 4.98 Å². The predicted octanol–water partition coefficient (Wildman–Crippen LogP) is 2.52. The van der Waals surface area contributed by atoms with Gasteiger partial charge < -0.3 is 15.4 Å². The van der Waals surface area contributed by atoms with Crippen LogP contribution in [0.2, 0.25) is 0 Å². The van der Waals surface area contributed by atoms with Gasteiger partial charge in [-0.2, -0.15) is 5.11 Å². The van der Waals surface area contributed by atoms with Gasteiger partial charge in [0.1, 0.15) is 0 Å². The van der Waals surface area contributed by atoms with E-state index in [9.17, 15) is 9.59 Å². The Balaban J connectivity index is 3.12. The van der Waals surface area contributed by atoms with Gasteiger partial charge in [-0.1, -0.05) is 24.5 Å². The number of esters is 1. The van der Waals surface area contributed by atoms with E-state index in [-0.39, 0.29) is 10.7 Å². The standard InChI is InChI=1S/C12H13N5O3S/c1-4-7(6-14-13)15-12-17-10(16-8(18)5-2)9(21-12)11(19)20-3/h4-6,13H,1-2H2,3H3,(H,15,17)(H,16,18)/b7-6+,14-13?. The van der Waals surface area contributed by atoms with Crippen molar-refractivity contribution in [2.75, 3.05) is 17.7 Å². The van der Waals surface area contributed by atoms with Crippen LogP contribution in [0.15, 0.2) is 42.3 Å². The second-order valence-corrected chi connectivity index (χ2v) is 4.42. The number of methoxy groups -OCH3 is 1. The zero-order valence-electron chi connectivity index (χ0n) is 11.2. The summed E-state index contributed by atoms with van der Waals surface area (Å²) in [6, 6.07) is 0. The largest absolute Gasteiger partial charge is 0.465 e. The van der Waals surface area contributed by atoms with E-state index >= 15 is 0 Å². The fraction of sp³-hybridized carbons (Fsp3) is 0.0833. The minimum atomic E-state index is -0.630. The Labute approximate surface area is 124 Å². The molecule has 0 radical (unpaired) electrons. The van der Waals surface area contributed by atoms with Gasteiger partial charge >= 0.3 is 5.97 Å². The highest BCUT2D eigenvalue weighted by atomic mass is 32.1. The van der Waals surface area contributed by atoms with Gasteiger partial charge in [0.2, 0.25) is 5.91 Å². The van der Waals surface area contributed by atoms with Crippen molar-refractivity contribution < 1.29 is 14.3 Å². The van der Waals surface area contributed by atoms with Crippen molar-refractivity contribution >= 4 is 34.2 Å². The van der Waals surface area contributed by atoms with E-state index in [0.29, 0.717) is 10.8 Å². The topological polar surface area (TPSA) is 117 Å². The summed E-state index contributed by atoms with van der Waals surface area (Å²) >= 11 is 0.977. The number of rotatable bonds is 7. The number of allylic oxidation sites excluding steroid dienone is 1. The molecule has 0 atom stereocenters. The number of carbonyl (C=O) groups is 2. The first-order valence-corrected chi connectivity index (χ1v) is 6.36. The van der Waals surface area contributed by atoms with Gasteiger partial charge in [0, 0.05) is 0 Å². The fourth-order valence-corrected chi connectivity index (χ4v) is 2.05. The Bertz CT molecular complexity index is 620. The fourth-order valence-electron chi connectivity index (χ4n) is 1.19. The molecule has 1 heterocycles. The molecule has 8 nitrogen and oxygen atoms in total. The van der Waals surface area contributed by atoms with Crippen LogP contribution in [0.4, 0.5) is 10.9 Å². The number of hydrogen-bond donors (Lipinski definition) is 3. The second kappa shape index (κ2) is 7.70. The summed E-state index contributed by atoms with van der Waals surface area (Å²) in [5.41, 5.74) is 7.18. The molecule has 3 N–H and O–H groups in total. The highest BCUT2D eigenvalue weighted by Crippen LogP contribution is 2.29. The molecule has 1 aromatic heterocycles. The Morgan fingerprint density at radius 1 is 1.38 bits per heavy atom. The van der Waals surface area contributed by atoms with Gasteiger partial charge in [-0.3, -0.25) is 4.79 Å². The summed E-state index contributed by atoms with van der Waals surface area (Å²) in [4.78, 5) is 27.2. The molecule has 0 unspecified atom stereocenters. The Kier molecular flexibility index (Phi) is 5.96. The van der Waals surface area contributed by atoms with Gasteiger partial charge in [0.15, 0.2) is 15.8 Å². The number of ether oxygens (including phenoxy) is 1. The van der Waals surface area contributed by atoms with Crippen LogP contribution >= 0.6 is 11.3 Å². The molecule has 9 heteroatoms. The molecule has 0 aliphatic heterocycles. The third-order valence-corrected chi connectivity index (χ3v) is 3.05. The first-order chi connectivity index (χ1) is 10.0. The lowest BCUT2D eigenvalue weighted by Crippen LogP contribution is -2.11. The van der Waals surface area contributed by atoms with Crippen LogP contribution in [-0.2, 0) is 9.53 Å². The molecule has 0 saturated heterocycles. The number of nitrogens with zero attached hydrogens (tertiary/aromatic N) is 2. The molecule has 0 aliphatic carbocycles. The van der Waals surface area contributed by atoms with E-state index in [1.54, 1.807) is 0 Å². The average molecular weight is 307 g/mol. The molecule has 0 saturated carbocycles. The molecule has 0 spiro atoms. The molecule has 1 rings (SSSR count). The Morgan fingerprint density at radius 2 is 2.10 bits per heavy atom. The molecular formula is C12H13N5O3S. The van der Waals surface area contributed by atoms with Crippen molar-refractivity contribution in [3.63, 3.8) is 0 Å². The normalized spacial score (nSPS) is 10.4. The van der Waals surface area contributed by atoms with Gasteiger partial charge in [-0.05, 0) is 12.2 Å². The van der Waals surface area contributed by atoms with Crippen LogP contribution in [0, 0.1) is 5.53 Å². The van der Waals surface area contributed by atoms with Crippen LogP contribution in [0.5, 0.6) is 0 Å². The molecule has 0 bridgehead atoms. The number of anilines is 2. The van der Waals surface area contributed by atoms with E-state index in [1.807, 2.05) is 0 Å². The average Bonchev–Trinajstić information content (AvgIpc) is 2.88. The summed E-state index contributed by atoms with van der Waals surface area (Å²) in [6.07, 6.45) is 3.70. The molecule has 0 aliphatic rings. The maximum Gasteiger partial charge on any atom is 0.352 e. The van der Waals surface area contributed by atoms with Crippen LogP contribution < -0.4 is 10.6 Å². The van der Waals surface area contributed by atoms with E-state index in [1.165, 1.54) is 19.4 Å². The summed E-state index contributed by atoms with van der Waals surface area (Å²) in [5, 5.41) is 8.64. The zero-order chi connectivity index (χ0) is 15.8. The van der Waals surface area contributed by atoms with E-state index in [2.05, 4.69) is 38.6 Å². The maximum atomic E-state index is 11.7. The molecule has 1 amide bonds. The van der Waals surface area contributed by atoms with E-state index < -0.39 is 11.9 Å². The zero-order valence-corrected chi connectivity index (χ0v) is 12.0.